The molecule has 0 unspecified atom stereocenters. The molecule has 6 aromatic rings. The molecular weight excluding hydrogens is 636 g/mol. The number of hydrogen-bond acceptors (Lipinski definition) is 5. The highest BCUT2D eigenvalue weighted by atomic mass is 35.5. The molecule has 0 aliphatic rings. The highest BCUT2D eigenvalue weighted by Crippen LogP contribution is 2.32. The Morgan fingerprint density at radius 2 is 1.65 bits per heavy atom. The first-order chi connectivity index (χ1) is 23.9. The molecule has 6 rings (SSSR count). The number of nitrogens with one attached hydrogen (secondary N) is 4. The fourth-order valence-corrected chi connectivity index (χ4v) is 5.99. The summed E-state index contributed by atoms with van der Waals surface area (Å²) in [4.78, 5) is 38.6. The fraction of sp³-hybridized carbons (Fsp3) is 0.128. The van der Waals surface area contributed by atoms with Crippen molar-refractivity contribution < 1.29 is 14.7 Å². The molecule has 4 aromatic carbocycles. The number of urea groups is 1. The molecule has 5 N–H and O–H groups in total. The largest absolute Gasteiger partial charge is 0.494 e. The molecule has 0 aliphatic carbocycles. The molecule has 3 amide bonds. The van der Waals surface area contributed by atoms with Crippen LogP contribution in [0.3, 0.4) is 0 Å². The van der Waals surface area contributed by atoms with Crippen LogP contribution in [0.2, 0.25) is 5.02 Å². The molecule has 0 radical (unpaired) electrons. The molecule has 0 saturated carbocycles. The molecule has 0 bridgehead atoms. The standard InChI is InChI=1S/C39H35ClN6O3/c1-2-32(25-10-4-3-5-11-25)44-37(47)31-16-9-15-30-34(38(48)46-36(30)31)35(27-18-21-41-22-19-27)42-23-20-26-12-6-7-17-33(26)45-39(49)43-29-14-8-13-28(40)24-29/h3-19,21-22,24,32,46,48H,2,20,23H2,1H3,(H,44,47)(H2,43,45,49)/t32-/m0/s1. The van der Waals surface area contributed by atoms with Crippen LogP contribution >= 0.6 is 11.6 Å². The first-order valence-corrected chi connectivity index (χ1v) is 16.3. The molecule has 0 aliphatic heterocycles. The summed E-state index contributed by atoms with van der Waals surface area (Å²) >= 11 is 6.06. The molecule has 0 spiro atoms. The van der Waals surface area contributed by atoms with E-state index in [1.54, 1.807) is 48.8 Å². The molecule has 0 fully saturated rings. The van der Waals surface area contributed by atoms with Gasteiger partial charge in [-0.15, -0.1) is 0 Å². The maximum absolute atomic E-state index is 13.6. The molecule has 9 nitrogen and oxygen atoms in total. The lowest BCUT2D eigenvalue weighted by atomic mass is 9.99. The van der Waals surface area contributed by atoms with E-state index in [-0.39, 0.29) is 17.8 Å². The number of H-pyrrole nitrogens is 1. The molecular formula is C39H35ClN6O3. The third kappa shape index (κ3) is 7.80. The second kappa shape index (κ2) is 15.3. The van der Waals surface area contributed by atoms with Crippen molar-refractivity contribution in [1.29, 1.82) is 0 Å². The summed E-state index contributed by atoms with van der Waals surface area (Å²) in [5.41, 5.74) is 5.84. The Morgan fingerprint density at radius 3 is 2.43 bits per heavy atom. The lowest BCUT2D eigenvalue weighted by molar-refractivity contribution is 0.0937. The van der Waals surface area contributed by atoms with Crippen molar-refractivity contribution in [3.8, 4) is 5.88 Å². The third-order valence-electron chi connectivity index (χ3n) is 8.16. The maximum Gasteiger partial charge on any atom is 0.323 e. The highest BCUT2D eigenvalue weighted by Gasteiger charge is 2.23. The molecule has 0 saturated heterocycles. The topological polar surface area (TPSA) is 132 Å². The normalized spacial score (nSPS) is 12.0. The van der Waals surface area contributed by atoms with E-state index in [1.807, 2.05) is 79.7 Å². The zero-order valence-corrected chi connectivity index (χ0v) is 27.5. The van der Waals surface area contributed by atoms with Crippen molar-refractivity contribution in [2.24, 2.45) is 4.99 Å². The van der Waals surface area contributed by atoms with Crippen LogP contribution in [0.5, 0.6) is 5.88 Å². The van der Waals surface area contributed by atoms with Gasteiger partial charge in [-0.25, -0.2) is 4.79 Å². The minimum absolute atomic E-state index is 0.0966. The number of fused-ring (bicyclic) bond motifs is 1. The van der Waals surface area contributed by atoms with Crippen molar-refractivity contribution in [3.05, 3.63) is 154 Å². The maximum atomic E-state index is 13.6. The number of benzene rings is 4. The first-order valence-electron chi connectivity index (χ1n) is 16.0. The van der Waals surface area contributed by atoms with Gasteiger partial charge < -0.3 is 26.0 Å². The van der Waals surface area contributed by atoms with E-state index in [1.165, 1.54) is 0 Å². The molecule has 1 atom stereocenters. The number of carbonyl (C=O) groups excluding carboxylic acids is 2. The number of pyridine rings is 1. The number of aromatic amines is 1. The second-order valence-electron chi connectivity index (χ2n) is 11.4. The number of para-hydroxylation sites is 2. The smallest absolute Gasteiger partial charge is 0.323 e. The Hall–Kier alpha value is -5.93. The Morgan fingerprint density at radius 1 is 0.898 bits per heavy atom. The van der Waals surface area contributed by atoms with Gasteiger partial charge in [0.05, 0.1) is 28.4 Å². The monoisotopic (exact) mass is 670 g/mol. The van der Waals surface area contributed by atoms with Gasteiger partial charge in [0.25, 0.3) is 5.91 Å². The average molecular weight is 671 g/mol. The predicted octanol–water partition coefficient (Wildman–Crippen LogP) is 8.53. The second-order valence-corrected chi connectivity index (χ2v) is 11.8. The van der Waals surface area contributed by atoms with Crippen LogP contribution < -0.4 is 16.0 Å². The molecule has 10 heteroatoms. The van der Waals surface area contributed by atoms with E-state index in [0.29, 0.717) is 57.1 Å². The number of anilines is 2. The highest BCUT2D eigenvalue weighted by molar-refractivity contribution is 6.31. The van der Waals surface area contributed by atoms with Crippen LogP contribution in [0, 0.1) is 0 Å². The fourth-order valence-electron chi connectivity index (χ4n) is 5.80. The van der Waals surface area contributed by atoms with Gasteiger partial charge in [0, 0.05) is 46.3 Å². The summed E-state index contributed by atoms with van der Waals surface area (Å²) in [5.74, 6) is -0.347. The Balaban J connectivity index is 1.27. The van der Waals surface area contributed by atoms with Crippen molar-refractivity contribution in [1.82, 2.24) is 15.3 Å². The predicted molar refractivity (Wildman–Crippen MR) is 196 cm³/mol. The van der Waals surface area contributed by atoms with E-state index in [0.717, 1.165) is 23.1 Å². The molecule has 2 heterocycles. The van der Waals surface area contributed by atoms with Gasteiger partial charge >= 0.3 is 6.03 Å². The number of nitrogens with zero attached hydrogens (tertiary/aromatic N) is 2. The van der Waals surface area contributed by atoms with Crippen LogP contribution in [-0.2, 0) is 6.42 Å². The summed E-state index contributed by atoms with van der Waals surface area (Å²) < 4.78 is 0. The summed E-state index contributed by atoms with van der Waals surface area (Å²) in [6.45, 7) is 2.37. The Kier molecular flexibility index (Phi) is 10.3. The SMILES string of the molecule is CC[C@H](NC(=O)c1cccc2c(C(=NCCc3ccccc3NC(=O)Nc3cccc(Cl)c3)c3ccncc3)c(O)[nH]c12)c1ccccc1. The summed E-state index contributed by atoms with van der Waals surface area (Å²) in [6, 6.07) is 32.8. The van der Waals surface area contributed by atoms with Crippen LogP contribution in [0.1, 0.15) is 52.0 Å². The quantitative estimate of drug-likeness (QED) is 0.0884. The number of aliphatic imine (C=N–C) groups is 1. The van der Waals surface area contributed by atoms with Crippen LogP contribution in [0.4, 0.5) is 16.2 Å². The molecule has 2 aromatic heterocycles. The van der Waals surface area contributed by atoms with Crippen molar-refractivity contribution in [3.63, 3.8) is 0 Å². The van der Waals surface area contributed by atoms with E-state index < -0.39 is 6.03 Å². The lowest BCUT2D eigenvalue weighted by Gasteiger charge is -2.17. The van der Waals surface area contributed by atoms with Gasteiger partial charge in [-0.05, 0) is 66.4 Å². The number of rotatable bonds is 11. The van der Waals surface area contributed by atoms with Crippen LogP contribution in [0.25, 0.3) is 10.9 Å². The number of amides is 3. The number of halogens is 1. The van der Waals surface area contributed by atoms with Crippen molar-refractivity contribution in [2.75, 3.05) is 17.2 Å². The van der Waals surface area contributed by atoms with E-state index in [4.69, 9.17) is 16.6 Å². The number of aromatic nitrogens is 2. The number of aromatic hydroxyl groups is 1. The zero-order chi connectivity index (χ0) is 34.2. The van der Waals surface area contributed by atoms with E-state index in [9.17, 15) is 14.7 Å². The van der Waals surface area contributed by atoms with Gasteiger partial charge in [0.15, 0.2) is 5.88 Å². The Labute approximate surface area is 289 Å². The molecule has 246 valence electrons. The minimum Gasteiger partial charge on any atom is -0.494 e. The minimum atomic E-state index is -0.395. The van der Waals surface area contributed by atoms with Crippen LogP contribution in [0.15, 0.2) is 127 Å². The number of hydrogen-bond donors (Lipinski definition) is 5. The summed E-state index contributed by atoms with van der Waals surface area (Å²) in [7, 11) is 0. The summed E-state index contributed by atoms with van der Waals surface area (Å²) in [5, 5.41) is 21.4. The first kappa shape index (κ1) is 33.0. The van der Waals surface area contributed by atoms with E-state index >= 15 is 0 Å². The Bertz CT molecular complexity index is 2110. The van der Waals surface area contributed by atoms with Gasteiger partial charge in [0.2, 0.25) is 0 Å². The molecule has 49 heavy (non-hydrogen) atoms. The van der Waals surface area contributed by atoms with Gasteiger partial charge in [-0.1, -0.05) is 85.3 Å². The van der Waals surface area contributed by atoms with Crippen LogP contribution in [-0.4, -0.2) is 39.3 Å². The lowest BCUT2D eigenvalue weighted by Crippen LogP contribution is -2.28. The van der Waals surface area contributed by atoms with Gasteiger partial charge in [-0.2, -0.15) is 0 Å². The average Bonchev–Trinajstić information content (AvgIpc) is 3.45. The van der Waals surface area contributed by atoms with Gasteiger partial charge in [-0.3, -0.25) is 14.8 Å². The van der Waals surface area contributed by atoms with Gasteiger partial charge in [0.1, 0.15) is 0 Å². The summed E-state index contributed by atoms with van der Waals surface area (Å²) in [6.07, 6.45) is 4.55. The number of carbonyl (C=O) groups is 2. The van der Waals surface area contributed by atoms with Crippen molar-refractivity contribution >= 4 is 51.5 Å². The van der Waals surface area contributed by atoms with Crippen molar-refractivity contribution in [2.45, 2.75) is 25.8 Å². The third-order valence-corrected chi connectivity index (χ3v) is 8.40. The zero-order valence-electron chi connectivity index (χ0n) is 26.8. The van der Waals surface area contributed by atoms with E-state index in [2.05, 4.69) is 25.9 Å².